The van der Waals surface area contributed by atoms with Gasteiger partial charge in [0, 0.05) is 40.2 Å². The molecule has 0 heterocycles. The van der Waals surface area contributed by atoms with Gasteiger partial charge in [-0.15, -0.1) is 0 Å². The van der Waals surface area contributed by atoms with Crippen molar-refractivity contribution in [2.45, 2.75) is 105 Å². The molecule has 0 bridgehead atoms. The summed E-state index contributed by atoms with van der Waals surface area (Å²) in [6.07, 6.45) is 13.6. The number of ketones is 6. The van der Waals surface area contributed by atoms with E-state index in [1.165, 1.54) is 24.3 Å². The molecule has 0 aliphatic heterocycles. The molecule has 12 atom stereocenters. The van der Waals surface area contributed by atoms with Crippen LogP contribution in [-0.4, -0.2) is 52.9 Å². The number of rotatable bonds is 6. The van der Waals surface area contributed by atoms with Crippen LogP contribution in [-0.2, 0) is 47.8 Å². The fourth-order valence-corrected chi connectivity index (χ4v) is 13.1. The molecular formula is C44H50O10. The average Bonchev–Trinajstić information content (AvgIpc) is 3.67. The topological polar surface area (TPSA) is 155 Å². The van der Waals surface area contributed by atoms with E-state index in [0.717, 1.165) is 0 Å². The molecule has 0 amide bonds. The fourth-order valence-electron chi connectivity index (χ4n) is 13.1. The van der Waals surface area contributed by atoms with E-state index in [1.807, 2.05) is 34.6 Å². The Morgan fingerprint density at radius 3 is 1.43 bits per heavy atom. The first kappa shape index (κ1) is 36.9. The lowest BCUT2D eigenvalue weighted by Crippen LogP contribution is -2.57. The summed E-state index contributed by atoms with van der Waals surface area (Å²) in [5, 5.41) is 0. The molecule has 10 nitrogen and oxygen atoms in total. The Morgan fingerprint density at radius 1 is 0.630 bits per heavy atom. The molecule has 6 unspecified atom stereocenters. The third-order valence-electron chi connectivity index (χ3n) is 16.1. The summed E-state index contributed by atoms with van der Waals surface area (Å²) in [7, 11) is 0. The van der Waals surface area contributed by atoms with E-state index < -0.39 is 86.7 Å². The zero-order chi connectivity index (χ0) is 38.7. The van der Waals surface area contributed by atoms with Gasteiger partial charge in [0.2, 0.25) is 29.4 Å². The van der Waals surface area contributed by atoms with Gasteiger partial charge in [-0.1, -0.05) is 46.8 Å². The molecule has 6 fully saturated rings. The smallest absolute Gasteiger partial charge is 0.312 e. The lowest BCUT2D eigenvalue weighted by molar-refractivity contribution is -0.201. The number of ether oxygens (including phenoxy) is 2. The SMILES string of the molecule is CCCC(OC(=O)[C@H]1CCC2C3C(=O)C(=O)C4=CC(=O)C=C[C@]4(C)C3CC[C@@]21C)OC(=O)[C@H]1CCC2C3C(=O)C(=O)C4=CC(=O)C=C[C@]4(C)C3CC[C@@]21C. The van der Waals surface area contributed by atoms with Gasteiger partial charge in [-0.3, -0.25) is 38.4 Å². The number of hydrogen-bond acceptors (Lipinski definition) is 10. The van der Waals surface area contributed by atoms with Crippen LogP contribution in [0.15, 0.2) is 47.6 Å². The van der Waals surface area contributed by atoms with E-state index in [-0.39, 0.29) is 46.4 Å². The van der Waals surface area contributed by atoms with Crippen molar-refractivity contribution in [2.75, 3.05) is 0 Å². The van der Waals surface area contributed by atoms with Crippen molar-refractivity contribution >= 4 is 46.6 Å². The number of fused-ring (bicyclic) bond motifs is 10. The van der Waals surface area contributed by atoms with Gasteiger partial charge in [-0.05, 0) is 117 Å². The summed E-state index contributed by atoms with van der Waals surface area (Å²) in [5.41, 5.74) is -2.08. The second-order valence-electron chi connectivity index (χ2n) is 18.5. The second-order valence-corrected chi connectivity index (χ2v) is 18.5. The van der Waals surface area contributed by atoms with Crippen molar-refractivity contribution in [1.29, 1.82) is 0 Å². The quantitative estimate of drug-likeness (QED) is 0.187. The van der Waals surface area contributed by atoms with E-state index >= 15 is 0 Å². The Kier molecular flexibility index (Phi) is 8.51. The predicted octanol–water partition coefficient (Wildman–Crippen LogP) is 5.76. The van der Waals surface area contributed by atoms with E-state index in [4.69, 9.17) is 9.47 Å². The van der Waals surface area contributed by atoms with E-state index in [2.05, 4.69) is 0 Å². The summed E-state index contributed by atoms with van der Waals surface area (Å²) in [5.74, 6) is -6.58. The monoisotopic (exact) mass is 738 g/mol. The van der Waals surface area contributed by atoms with Crippen molar-refractivity contribution in [3.8, 4) is 0 Å². The molecule has 0 aromatic carbocycles. The average molecular weight is 739 g/mol. The molecule has 8 rings (SSSR count). The zero-order valence-electron chi connectivity index (χ0n) is 31.8. The summed E-state index contributed by atoms with van der Waals surface area (Å²) >= 11 is 0. The molecule has 0 radical (unpaired) electrons. The van der Waals surface area contributed by atoms with Gasteiger partial charge in [-0.25, -0.2) is 0 Å². The molecule has 0 aromatic heterocycles. The molecule has 6 saturated carbocycles. The Balaban J connectivity index is 0.969. The van der Waals surface area contributed by atoms with Gasteiger partial charge in [0.25, 0.3) is 0 Å². The summed E-state index contributed by atoms with van der Waals surface area (Å²) in [6, 6.07) is 0. The zero-order valence-corrected chi connectivity index (χ0v) is 31.8. The molecule has 8 aliphatic rings. The lowest BCUT2D eigenvalue weighted by Gasteiger charge is -2.55. The minimum Gasteiger partial charge on any atom is -0.425 e. The van der Waals surface area contributed by atoms with Gasteiger partial charge < -0.3 is 9.47 Å². The minimum atomic E-state index is -1.10. The molecule has 0 aromatic rings. The second kappa shape index (κ2) is 12.5. The van der Waals surface area contributed by atoms with Crippen molar-refractivity contribution in [3.63, 3.8) is 0 Å². The highest BCUT2D eigenvalue weighted by atomic mass is 16.7. The summed E-state index contributed by atoms with van der Waals surface area (Å²) in [4.78, 5) is 107. The highest BCUT2D eigenvalue weighted by Crippen LogP contribution is 2.66. The van der Waals surface area contributed by atoms with Gasteiger partial charge in [-0.2, -0.15) is 0 Å². The van der Waals surface area contributed by atoms with E-state index in [1.54, 1.807) is 12.2 Å². The highest BCUT2D eigenvalue weighted by Gasteiger charge is 2.66. The van der Waals surface area contributed by atoms with Crippen LogP contribution in [0.2, 0.25) is 0 Å². The Labute approximate surface area is 315 Å². The number of hydrogen-bond donors (Lipinski definition) is 0. The maximum absolute atomic E-state index is 14.1. The number of carbonyl (C=O) groups is 8. The van der Waals surface area contributed by atoms with Crippen molar-refractivity contribution in [1.82, 2.24) is 0 Å². The Hall–Kier alpha value is -4.08. The lowest BCUT2D eigenvalue weighted by atomic mass is 9.47. The number of allylic oxidation sites excluding steroid dienone is 8. The third-order valence-corrected chi connectivity index (χ3v) is 16.1. The van der Waals surface area contributed by atoms with Gasteiger partial charge >= 0.3 is 11.9 Å². The fraction of sp³-hybridized carbons (Fsp3) is 0.636. The molecule has 10 heteroatoms. The third kappa shape index (κ3) is 5.02. The Morgan fingerprint density at radius 2 is 1.04 bits per heavy atom. The van der Waals surface area contributed by atoms with Crippen molar-refractivity contribution < 1.29 is 47.8 Å². The number of Topliss-reactive ketones (excluding diaryl/α,β-unsaturated/α-hetero) is 4. The van der Waals surface area contributed by atoms with Crippen LogP contribution < -0.4 is 0 Å². The van der Waals surface area contributed by atoms with Crippen LogP contribution >= 0.6 is 0 Å². The highest BCUT2D eigenvalue weighted by molar-refractivity contribution is 6.47. The molecule has 286 valence electrons. The van der Waals surface area contributed by atoms with Crippen LogP contribution in [0.4, 0.5) is 0 Å². The minimum absolute atomic E-state index is 0.154. The first-order chi connectivity index (χ1) is 25.5. The summed E-state index contributed by atoms with van der Waals surface area (Å²) in [6.45, 7) is 9.83. The predicted molar refractivity (Wildman–Crippen MR) is 193 cm³/mol. The van der Waals surface area contributed by atoms with Crippen molar-refractivity contribution in [3.05, 3.63) is 47.6 Å². The maximum atomic E-state index is 14.1. The molecule has 0 spiro atoms. The van der Waals surface area contributed by atoms with Gasteiger partial charge in [0.15, 0.2) is 11.6 Å². The molecule has 0 N–H and O–H groups in total. The number of carbonyl (C=O) groups excluding carboxylic acids is 8. The van der Waals surface area contributed by atoms with Crippen LogP contribution in [0.5, 0.6) is 0 Å². The van der Waals surface area contributed by atoms with Gasteiger partial charge in [0.1, 0.15) is 0 Å². The van der Waals surface area contributed by atoms with Crippen LogP contribution in [0.1, 0.15) is 98.8 Å². The van der Waals surface area contributed by atoms with Crippen molar-refractivity contribution in [2.24, 2.45) is 69.0 Å². The molecule has 0 saturated heterocycles. The van der Waals surface area contributed by atoms with E-state index in [0.29, 0.717) is 64.2 Å². The number of esters is 2. The van der Waals surface area contributed by atoms with Crippen LogP contribution in [0, 0.1) is 69.0 Å². The van der Waals surface area contributed by atoms with Crippen LogP contribution in [0.25, 0.3) is 0 Å². The Bertz CT molecular complexity index is 1800. The largest absolute Gasteiger partial charge is 0.425 e. The van der Waals surface area contributed by atoms with Crippen LogP contribution in [0.3, 0.4) is 0 Å². The molecular weight excluding hydrogens is 688 g/mol. The first-order valence-corrected chi connectivity index (χ1v) is 20.0. The van der Waals surface area contributed by atoms with E-state index in [9.17, 15) is 38.4 Å². The molecule has 54 heavy (non-hydrogen) atoms. The molecule has 8 aliphatic carbocycles. The standard InChI is InChI=1S/C44H50O10/c1-6-7-32(53-39(51)28-10-8-24-33-26(14-18-41(24,28)2)43(4)16-12-22(45)20-30(43)35(47)37(33)49)54-40(52)29-11-9-25-34-27(15-19-42(25,29)3)44(5)17-13-23(46)21-31(44)36(48)38(34)50/h12-13,16-17,20-21,24-29,32-34H,6-11,14-15,18-19H2,1-5H3/t24?,25?,26?,27?,28-,29-,32?,33?,34?,41+,42+,43-,44-/m1/s1. The maximum Gasteiger partial charge on any atom is 0.312 e. The first-order valence-electron chi connectivity index (χ1n) is 20.0. The van der Waals surface area contributed by atoms with Gasteiger partial charge in [0.05, 0.1) is 11.8 Å². The normalized spacial score (nSPS) is 43.9. The summed E-state index contributed by atoms with van der Waals surface area (Å²) < 4.78 is 12.1.